The Bertz CT molecular complexity index is 987. The van der Waals surface area contributed by atoms with E-state index in [-0.39, 0.29) is 11.3 Å². The Morgan fingerprint density at radius 1 is 1.21 bits per heavy atom. The van der Waals surface area contributed by atoms with Crippen molar-refractivity contribution in [3.63, 3.8) is 0 Å². The van der Waals surface area contributed by atoms with Crippen LogP contribution in [0.4, 0.5) is 10.1 Å². The molecule has 1 heterocycles. The first kappa shape index (κ1) is 19.4. The Morgan fingerprint density at radius 3 is 2.64 bits per heavy atom. The van der Waals surface area contributed by atoms with Gasteiger partial charge >= 0.3 is 0 Å². The van der Waals surface area contributed by atoms with Gasteiger partial charge in [0.05, 0.1) is 12.8 Å². The molecule has 0 saturated heterocycles. The normalized spacial score (nSPS) is 10.6. The molecule has 28 heavy (non-hydrogen) atoms. The average Bonchev–Trinajstić information content (AvgIpc) is 3.12. The third-order valence-electron chi connectivity index (χ3n) is 4.12. The summed E-state index contributed by atoms with van der Waals surface area (Å²) in [7, 11) is 3.18. The van der Waals surface area contributed by atoms with Crippen molar-refractivity contribution in [3.8, 4) is 22.8 Å². The molecule has 0 bridgehead atoms. The van der Waals surface area contributed by atoms with Gasteiger partial charge in [0.15, 0.2) is 11.6 Å². The van der Waals surface area contributed by atoms with Gasteiger partial charge in [0.25, 0.3) is 5.91 Å². The Kier molecular flexibility index (Phi) is 5.90. The molecular weight excluding hydrogens is 363 g/mol. The number of nitrogens with two attached hydrogens (primary N) is 1. The van der Waals surface area contributed by atoms with Crippen molar-refractivity contribution in [1.29, 1.82) is 0 Å². The SMILES string of the molecule is COc1ccc(C(=O)Nc2ccc(OCCN)c(-c3ccnn3C)c2)cc1F. The summed E-state index contributed by atoms with van der Waals surface area (Å²) in [4.78, 5) is 12.5. The number of nitrogens with zero attached hydrogens (tertiary/aromatic N) is 2. The Labute approximate surface area is 161 Å². The number of anilines is 1. The summed E-state index contributed by atoms with van der Waals surface area (Å²) in [6.45, 7) is 0.744. The van der Waals surface area contributed by atoms with Gasteiger partial charge in [-0.2, -0.15) is 5.10 Å². The molecule has 8 heteroatoms. The van der Waals surface area contributed by atoms with Crippen molar-refractivity contribution in [2.45, 2.75) is 0 Å². The Balaban J connectivity index is 1.89. The summed E-state index contributed by atoms with van der Waals surface area (Å²) in [5.41, 5.74) is 7.83. The summed E-state index contributed by atoms with van der Waals surface area (Å²) < 4.78 is 26.2. The van der Waals surface area contributed by atoms with Crippen molar-refractivity contribution in [2.24, 2.45) is 12.8 Å². The van der Waals surface area contributed by atoms with Gasteiger partial charge < -0.3 is 20.5 Å². The second-order valence-electron chi connectivity index (χ2n) is 5.99. The van der Waals surface area contributed by atoms with Crippen LogP contribution in [0.1, 0.15) is 10.4 Å². The predicted molar refractivity (Wildman–Crippen MR) is 104 cm³/mol. The molecule has 146 valence electrons. The standard InChI is InChI=1S/C20H21FN4O3/c1-25-17(7-9-23-25)15-12-14(4-6-18(15)28-10-8-22)24-20(26)13-3-5-19(27-2)16(21)11-13/h3-7,9,11-12H,8,10,22H2,1-2H3,(H,24,26). The molecule has 0 aliphatic rings. The summed E-state index contributed by atoms with van der Waals surface area (Å²) >= 11 is 0. The lowest BCUT2D eigenvalue weighted by Gasteiger charge is -2.14. The van der Waals surface area contributed by atoms with Gasteiger partial charge in [-0.1, -0.05) is 0 Å². The number of nitrogens with one attached hydrogen (secondary N) is 1. The molecule has 2 aromatic carbocycles. The minimum Gasteiger partial charge on any atom is -0.494 e. The molecule has 3 N–H and O–H groups in total. The van der Waals surface area contributed by atoms with E-state index >= 15 is 0 Å². The molecule has 0 radical (unpaired) electrons. The van der Waals surface area contributed by atoms with Crippen molar-refractivity contribution in [3.05, 3.63) is 60.0 Å². The van der Waals surface area contributed by atoms with E-state index in [2.05, 4.69) is 10.4 Å². The van der Waals surface area contributed by atoms with Gasteiger partial charge in [-0.15, -0.1) is 0 Å². The largest absolute Gasteiger partial charge is 0.494 e. The third kappa shape index (κ3) is 4.12. The van der Waals surface area contributed by atoms with Crippen LogP contribution in [-0.4, -0.2) is 35.9 Å². The van der Waals surface area contributed by atoms with Gasteiger partial charge in [0.2, 0.25) is 0 Å². The van der Waals surface area contributed by atoms with Crippen LogP contribution in [0, 0.1) is 5.82 Å². The fraction of sp³-hybridized carbons (Fsp3) is 0.200. The van der Waals surface area contributed by atoms with E-state index in [9.17, 15) is 9.18 Å². The zero-order valence-corrected chi connectivity index (χ0v) is 15.6. The Hall–Kier alpha value is -3.39. The monoisotopic (exact) mass is 384 g/mol. The fourth-order valence-electron chi connectivity index (χ4n) is 2.75. The van der Waals surface area contributed by atoms with Crippen LogP contribution in [0.5, 0.6) is 11.5 Å². The first-order chi connectivity index (χ1) is 13.5. The molecule has 1 aromatic heterocycles. The molecule has 0 aliphatic heterocycles. The number of rotatable bonds is 7. The number of carbonyl (C=O) groups excluding carboxylic acids is 1. The molecule has 3 aromatic rings. The van der Waals surface area contributed by atoms with Crippen molar-refractivity contribution in [1.82, 2.24) is 9.78 Å². The highest BCUT2D eigenvalue weighted by atomic mass is 19.1. The molecule has 1 amide bonds. The lowest BCUT2D eigenvalue weighted by atomic mass is 10.1. The van der Waals surface area contributed by atoms with Crippen LogP contribution >= 0.6 is 0 Å². The number of aryl methyl sites for hydroxylation is 1. The number of ether oxygens (including phenoxy) is 2. The predicted octanol–water partition coefficient (Wildman–Crippen LogP) is 2.82. The molecule has 0 unspecified atom stereocenters. The van der Waals surface area contributed by atoms with Crippen LogP contribution in [0.2, 0.25) is 0 Å². The number of methoxy groups -OCH3 is 1. The van der Waals surface area contributed by atoms with Crippen molar-refractivity contribution >= 4 is 11.6 Å². The molecular formula is C20H21FN4O3. The summed E-state index contributed by atoms with van der Waals surface area (Å²) in [6, 6.07) is 11.1. The lowest BCUT2D eigenvalue weighted by Crippen LogP contribution is -2.13. The molecule has 0 fully saturated rings. The van der Waals surface area contributed by atoms with E-state index in [1.54, 1.807) is 29.1 Å². The smallest absolute Gasteiger partial charge is 0.255 e. The van der Waals surface area contributed by atoms with Gasteiger partial charge in [-0.25, -0.2) is 4.39 Å². The van der Waals surface area contributed by atoms with E-state index in [0.29, 0.717) is 24.6 Å². The minimum absolute atomic E-state index is 0.0800. The second-order valence-corrected chi connectivity index (χ2v) is 5.99. The number of amides is 1. The summed E-state index contributed by atoms with van der Waals surface area (Å²) in [5.74, 6) is -0.330. The first-order valence-corrected chi connectivity index (χ1v) is 8.63. The highest BCUT2D eigenvalue weighted by Crippen LogP contribution is 2.32. The fourth-order valence-corrected chi connectivity index (χ4v) is 2.75. The Morgan fingerprint density at radius 2 is 2.00 bits per heavy atom. The van der Waals surface area contributed by atoms with E-state index in [1.807, 2.05) is 13.1 Å². The van der Waals surface area contributed by atoms with Crippen LogP contribution in [0.3, 0.4) is 0 Å². The van der Waals surface area contributed by atoms with Gasteiger partial charge in [0.1, 0.15) is 12.4 Å². The average molecular weight is 384 g/mol. The third-order valence-corrected chi connectivity index (χ3v) is 4.12. The van der Waals surface area contributed by atoms with Crippen LogP contribution in [-0.2, 0) is 7.05 Å². The topological polar surface area (TPSA) is 91.4 Å². The van der Waals surface area contributed by atoms with E-state index < -0.39 is 11.7 Å². The zero-order chi connectivity index (χ0) is 20.1. The summed E-state index contributed by atoms with van der Waals surface area (Å²) in [5, 5.41) is 6.95. The van der Waals surface area contributed by atoms with Gasteiger partial charge in [0, 0.05) is 36.6 Å². The highest BCUT2D eigenvalue weighted by Gasteiger charge is 2.14. The van der Waals surface area contributed by atoms with Crippen LogP contribution in [0.25, 0.3) is 11.3 Å². The maximum atomic E-state index is 13.9. The number of aromatic nitrogens is 2. The van der Waals surface area contributed by atoms with Gasteiger partial charge in [-0.05, 0) is 42.5 Å². The number of benzene rings is 2. The quantitative estimate of drug-likeness (QED) is 0.654. The minimum atomic E-state index is -0.601. The molecule has 0 saturated carbocycles. The lowest BCUT2D eigenvalue weighted by molar-refractivity contribution is 0.102. The van der Waals surface area contributed by atoms with Crippen molar-refractivity contribution < 1.29 is 18.7 Å². The van der Waals surface area contributed by atoms with Crippen LogP contribution in [0.15, 0.2) is 48.7 Å². The zero-order valence-electron chi connectivity index (χ0n) is 15.6. The first-order valence-electron chi connectivity index (χ1n) is 8.63. The molecule has 3 rings (SSSR count). The maximum absolute atomic E-state index is 13.9. The van der Waals surface area contributed by atoms with E-state index in [1.165, 1.54) is 19.2 Å². The van der Waals surface area contributed by atoms with Crippen LogP contribution < -0.4 is 20.5 Å². The number of halogens is 1. The van der Waals surface area contributed by atoms with Gasteiger partial charge in [-0.3, -0.25) is 9.48 Å². The number of carbonyl (C=O) groups is 1. The second kappa shape index (κ2) is 8.53. The van der Waals surface area contributed by atoms with Crippen molar-refractivity contribution in [2.75, 3.05) is 25.6 Å². The molecule has 0 aliphatic carbocycles. The molecule has 7 nitrogen and oxygen atoms in total. The number of hydrogen-bond donors (Lipinski definition) is 2. The van der Waals surface area contributed by atoms with E-state index in [0.717, 1.165) is 17.3 Å². The highest BCUT2D eigenvalue weighted by molar-refractivity contribution is 6.04. The molecule has 0 atom stereocenters. The molecule has 0 spiro atoms. The van der Waals surface area contributed by atoms with E-state index in [4.69, 9.17) is 15.2 Å². The maximum Gasteiger partial charge on any atom is 0.255 e. The summed E-state index contributed by atoms with van der Waals surface area (Å²) in [6.07, 6.45) is 1.67. The number of hydrogen-bond acceptors (Lipinski definition) is 5.